The molecule has 4 heterocycles. The van der Waals surface area contributed by atoms with Crippen molar-refractivity contribution < 1.29 is 13.6 Å². The van der Waals surface area contributed by atoms with Crippen molar-refractivity contribution in [3.8, 4) is 0 Å². The van der Waals surface area contributed by atoms with Crippen LogP contribution in [0, 0.1) is 18.2 Å². The highest BCUT2D eigenvalue weighted by molar-refractivity contribution is 5.96. The monoisotopic (exact) mass is 457 g/mol. The van der Waals surface area contributed by atoms with Crippen LogP contribution in [0.15, 0.2) is 76.3 Å². The number of carbonyl (C=O) groups is 1. The Morgan fingerprint density at radius 3 is 2.68 bits per heavy atom. The second-order valence-corrected chi connectivity index (χ2v) is 7.92. The minimum atomic E-state index is -0.523. The molecule has 0 bridgehead atoms. The quantitative estimate of drug-likeness (QED) is 0.396. The number of hydrogen-bond acceptors (Lipinski definition) is 5. The van der Waals surface area contributed by atoms with Crippen molar-refractivity contribution >= 4 is 22.6 Å². The molecule has 0 unspecified atom stereocenters. The molecule has 0 aliphatic heterocycles. The van der Waals surface area contributed by atoms with E-state index in [-0.39, 0.29) is 46.6 Å². The molecule has 0 radical (unpaired) electrons. The largest absolute Gasteiger partial charge is 0.467 e. The van der Waals surface area contributed by atoms with Crippen molar-refractivity contribution in [2.75, 3.05) is 0 Å². The fourth-order valence-electron chi connectivity index (χ4n) is 3.87. The highest BCUT2D eigenvalue weighted by Crippen LogP contribution is 2.15. The molecule has 0 atom stereocenters. The first-order valence-electron chi connectivity index (χ1n) is 10.6. The Morgan fingerprint density at radius 2 is 1.94 bits per heavy atom. The average molecular weight is 457 g/mol. The van der Waals surface area contributed by atoms with Gasteiger partial charge in [-0.25, -0.2) is 9.37 Å². The Morgan fingerprint density at radius 1 is 1.15 bits per heavy atom. The highest BCUT2D eigenvalue weighted by Gasteiger charge is 2.18. The smallest absolute Gasteiger partial charge is 0.267 e. The maximum Gasteiger partial charge on any atom is 0.267 e. The Bertz CT molecular complexity index is 1650. The second-order valence-electron chi connectivity index (χ2n) is 7.92. The number of fused-ring (bicyclic) bond motifs is 2. The van der Waals surface area contributed by atoms with E-state index in [2.05, 4.69) is 10.3 Å². The molecule has 34 heavy (non-hydrogen) atoms. The lowest BCUT2D eigenvalue weighted by Gasteiger charge is -2.15. The van der Waals surface area contributed by atoms with Crippen LogP contribution in [-0.4, -0.2) is 19.9 Å². The van der Waals surface area contributed by atoms with Gasteiger partial charge < -0.3 is 14.3 Å². The van der Waals surface area contributed by atoms with Crippen molar-refractivity contribution in [1.82, 2.24) is 19.3 Å². The van der Waals surface area contributed by atoms with E-state index in [9.17, 15) is 14.0 Å². The number of nitrogens with one attached hydrogen (secondary N) is 2. The van der Waals surface area contributed by atoms with Gasteiger partial charge >= 0.3 is 0 Å². The molecule has 0 fully saturated rings. The Kier molecular flexibility index (Phi) is 5.29. The SMILES string of the molecule is Cc1cccn2c(=O)c3cc(C(=O)NCc4ccco4)c(=N)n(Cc4ccc(F)cc4)c3nc12. The summed E-state index contributed by atoms with van der Waals surface area (Å²) in [7, 11) is 0. The van der Waals surface area contributed by atoms with E-state index in [1.165, 1.54) is 33.4 Å². The van der Waals surface area contributed by atoms with Crippen LogP contribution < -0.4 is 16.4 Å². The summed E-state index contributed by atoms with van der Waals surface area (Å²) >= 11 is 0. The summed E-state index contributed by atoms with van der Waals surface area (Å²) in [5.41, 5.74) is 1.78. The maximum absolute atomic E-state index is 13.4. The van der Waals surface area contributed by atoms with Crippen LogP contribution in [0.25, 0.3) is 16.7 Å². The average Bonchev–Trinajstić information content (AvgIpc) is 3.35. The van der Waals surface area contributed by atoms with Crippen LogP contribution in [0.1, 0.15) is 27.2 Å². The predicted octanol–water partition coefficient (Wildman–Crippen LogP) is 3.15. The van der Waals surface area contributed by atoms with Gasteiger partial charge in [-0.1, -0.05) is 18.2 Å². The number of hydrogen-bond donors (Lipinski definition) is 2. The standard InChI is InChI=1S/C25H20FN5O3/c1-15-4-2-10-30-22(15)29-23-20(25(30)33)12-19(24(32)28-13-18-5-3-11-34-18)21(27)31(23)14-16-6-8-17(26)9-7-16/h2-12,27H,13-14H2,1H3,(H,28,32). The van der Waals surface area contributed by atoms with E-state index >= 15 is 0 Å². The molecule has 1 amide bonds. The van der Waals surface area contributed by atoms with E-state index in [0.29, 0.717) is 17.0 Å². The molecule has 5 rings (SSSR count). The minimum absolute atomic E-state index is 0.0210. The van der Waals surface area contributed by atoms with Gasteiger partial charge in [0.1, 0.15) is 28.4 Å². The fourth-order valence-corrected chi connectivity index (χ4v) is 3.87. The number of pyridine rings is 2. The first kappa shape index (κ1) is 21.3. The molecule has 5 aromatic rings. The molecule has 4 aromatic heterocycles. The van der Waals surface area contributed by atoms with Crippen molar-refractivity contribution in [1.29, 1.82) is 5.41 Å². The van der Waals surface area contributed by atoms with Crippen molar-refractivity contribution in [2.45, 2.75) is 20.0 Å². The summed E-state index contributed by atoms with van der Waals surface area (Å²) in [4.78, 5) is 31.1. The fraction of sp³-hybridized carbons (Fsp3) is 0.120. The number of benzene rings is 1. The van der Waals surface area contributed by atoms with Gasteiger partial charge in [0.25, 0.3) is 11.5 Å². The van der Waals surface area contributed by atoms with Crippen LogP contribution in [-0.2, 0) is 13.1 Å². The Hall–Kier alpha value is -4.53. The number of rotatable bonds is 5. The molecule has 0 spiro atoms. The van der Waals surface area contributed by atoms with E-state index in [4.69, 9.17) is 9.83 Å². The molecule has 8 nitrogen and oxygen atoms in total. The third kappa shape index (κ3) is 3.77. The Balaban J connectivity index is 1.71. The predicted molar refractivity (Wildman–Crippen MR) is 123 cm³/mol. The van der Waals surface area contributed by atoms with E-state index in [1.54, 1.807) is 36.5 Å². The summed E-state index contributed by atoms with van der Waals surface area (Å²) < 4.78 is 21.6. The van der Waals surface area contributed by atoms with Crippen LogP contribution in [0.2, 0.25) is 0 Å². The van der Waals surface area contributed by atoms with Gasteiger partial charge in [-0.15, -0.1) is 0 Å². The van der Waals surface area contributed by atoms with Crippen molar-refractivity contribution in [3.05, 3.63) is 111 Å². The molecule has 170 valence electrons. The third-order valence-corrected chi connectivity index (χ3v) is 5.64. The molecule has 0 saturated heterocycles. The minimum Gasteiger partial charge on any atom is -0.467 e. The normalized spacial score (nSPS) is 11.2. The summed E-state index contributed by atoms with van der Waals surface area (Å²) in [5.74, 6) is -0.346. The summed E-state index contributed by atoms with van der Waals surface area (Å²) in [6.07, 6.45) is 3.12. The molecule has 0 saturated carbocycles. The van der Waals surface area contributed by atoms with Gasteiger partial charge in [0.05, 0.1) is 30.3 Å². The number of aryl methyl sites for hydroxylation is 1. The zero-order chi connectivity index (χ0) is 23.8. The second kappa shape index (κ2) is 8.43. The number of amides is 1. The van der Waals surface area contributed by atoms with Gasteiger partial charge in [0.2, 0.25) is 0 Å². The molecule has 9 heteroatoms. The van der Waals surface area contributed by atoms with Gasteiger partial charge in [-0.2, -0.15) is 0 Å². The molecule has 0 aliphatic carbocycles. The first-order valence-corrected chi connectivity index (χ1v) is 10.6. The van der Waals surface area contributed by atoms with Crippen LogP contribution in [0.4, 0.5) is 4.39 Å². The lowest BCUT2D eigenvalue weighted by atomic mass is 10.1. The zero-order valence-corrected chi connectivity index (χ0v) is 18.2. The summed E-state index contributed by atoms with van der Waals surface area (Å²) in [6.45, 7) is 2.11. The third-order valence-electron chi connectivity index (χ3n) is 5.64. The van der Waals surface area contributed by atoms with Gasteiger partial charge in [0, 0.05) is 6.20 Å². The van der Waals surface area contributed by atoms with Crippen LogP contribution in [0.3, 0.4) is 0 Å². The summed E-state index contributed by atoms with van der Waals surface area (Å²) in [6, 6.07) is 14.3. The van der Waals surface area contributed by atoms with Gasteiger partial charge in [0.15, 0.2) is 0 Å². The lowest BCUT2D eigenvalue weighted by Crippen LogP contribution is -2.35. The number of nitrogens with zero attached hydrogens (tertiary/aromatic N) is 3. The Labute approximate surface area is 192 Å². The zero-order valence-electron chi connectivity index (χ0n) is 18.2. The lowest BCUT2D eigenvalue weighted by molar-refractivity contribution is 0.0945. The van der Waals surface area contributed by atoms with E-state index in [0.717, 1.165) is 5.56 Å². The number of carbonyl (C=O) groups excluding carboxylic acids is 1. The van der Waals surface area contributed by atoms with E-state index < -0.39 is 5.91 Å². The molecule has 2 N–H and O–H groups in total. The molecule has 1 aromatic carbocycles. The molecular weight excluding hydrogens is 437 g/mol. The topological polar surface area (TPSA) is 105 Å². The van der Waals surface area contributed by atoms with Crippen LogP contribution >= 0.6 is 0 Å². The van der Waals surface area contributed by atoms with E-state index in [1.807, 2.05) is 13.0 Å². The van der Waals surface area contributed by atoms with Gasteiger partial charge in [-0.05, 0) is 54.4 Å². The summed E-state index contributed by atoms with van der Waals surface area (Å²) in [5, 5.41) is 11.7. The maximum atomic E-state index is 13.4. The van der Waals surface area contributed by atoms with Crippen LogP contribution in [0.5, 0.6) is 0 Å². The first-order chi connectivity index (χ1) is 16.4. The van der Waals surface area contributed by atoms with Crippen molar-refractivity contribution in [2.24, 2.45) is 0 Å². The van der Waals surface area contributed by atoms with Gasteiger partial charge in [-0.3, -0.25) is 19.4 Å². The molecule has 0 aliphatic rings. The number of furan rings is 1. The number of halogens is 1. The molecular formula is C25H20FN5O3. The number of aromatic nitrogens is 3. The highest BCUT2D eigenvalue weighted by atomic mass is 19.1. The van der Waals surface area contributed by atoms with Crippen molar-refractivity contribution in [3.63, 3.8) is 0 Å².